The Bertz CT molecular complexity index is 1110. The minimum absolute atomic E-state index is 0.0546. The molecule has 1 fully saturated rings. The maximum Gasteiger partial charge on any atom is 0.229 e. The Labute approximate surface area is 193 Å². The van der Waals surface area contributed by atoms with Crippen LogP contribution in [0.5, 0.6) is 5.75 Å². The van der Waals surface area contributed by atoms with Gasteiger partial charge in [-0.2, -0.15) is 0 Å². The number of para-hydroxylation sites is 1. The van der Waals surface area contributed by atoms with Crippen molar-refractivity contribution in [3.8, 4) is 5.75 Å². The van der Waals surface area contributed by atoms with Gasteiger partial charge in [0.2, 0.25) is 5.91 Å². The standard InChI is InChI=1S/C24H29N7O2/c1-17-28-29-22(30(17)2)15-26-24(25-14-18-9-11-21(33-3)12-10-18)27-19-13-23(32)31(16-19)20-7-5-4-6-8-20/h4-12,19H,13-16H2,1-3H3,(H2,25,26,27). The molecule has 2 aromatic carbocycles. The fourth-order valence-corrected chi connectivity index (χ4v) is 3.68. The van der Waals surface area contributed by atoms with Crippen LogP contribution in [0.15, 0.2) is 59.6 Å². The van der Waals surface area contributed by atoms with Crippen LogP contribution in [0.3, 0.4) is 0 Å². The first-order chi connectivity index (χ1) is 16.0. The van der Waals surface area contributed by atoms with Crippen LogP contribution in [0.25, 0.3) is 0 Å². The number of methoxy groups -OCH3 is 1. The van der Waals surface area contributed by atoms with E-state index in [1.165, 1.54) is 0 Å². The Morgan fingerprint density at radius 3 is 2.58 bits per heavy atom. The highest BCUT2D eigenvalue weighted by atomic mass is 16.5. The molecule has 0 bridgehead atoms. The van der Waals surface area contributed by atoms with Crippen molar-refractivity contribution in [2.75, 3.05) is 18.6 Å². The first kappa shape index (κ1) is 22.3. The number of benzene rings is 2. The summed E-state index contributed by atoms with van der Waals surface area (Å²) in [5, 5.41) is 15.1. The molecule has 2 heterocycles. The average Bonchev–Trinajstić information content (AvgIpc) is 3.37. The second kappa shape index (κ2) is 10.2. The minimum atomic E-state index is -0.0546. The van der Waals surface area contributed by atoms with Gasteiger partial charge in [-0.15, -0.1) is 10.2 Å². The van der Waals surface area contributed by atoms with Gasteiger partial charge in [-0.25, -0.2) is 4.99 Å². The molecule has 172 valence electrons. The number of anilines is 1. The SMILES string of the molecule is COc1ccc(CN=C(NCc2nnc(C)n2C)NC2CC(=O)N(c3ccccc3)C2)cc1. The first-order valence-corrected chi connectivity index (χ1v) is 10.9. The lowest BCUT2D eigenvalue weighted by Gasteiger charge is -2.19. The van der Waals surface area contributed by atoms with Crippen molar-refractivity contribution in [3.05, 3.63) is 71.8 Å². The van der Waals surface area contributed by atoms with Gasteiger partial charge < -0.3 is 24.8 Å². The molecule has 9 nitrogen and oxygen atoms in total. The number of ether oxygens (including phenoxy) is 1. The van der Waals surface area contributed by atoms with E-state index in [1.54, 1.807) is 7.11 Å². The fraction of sp³-hybridized carbons (Fsp3) is 0.333. The fourth-order valence-electron chi connectivity index (χ4n) is 3.68. The average molecular weight is 448 g/mol. The van der Waals surface area contributed by atoms with E-state index in [4.69, 9.17) is 9.73 Å². The van der Waals surface area contributed by atoms with Gasteiger partial charge in [0.25, 0.3) is 0 Å². The summed E-state index contributed by atoms with van der Waals surface area (Å²) in [7, 11) is 3.58. The summed E-state index contributed by atoms with van der Waals surface area (Å²) in [6.07, 6.45) is 0.404. The van der Waals surface area contributed by atoms with Crippen molar-refractivity contribution >= 4 is 17.6 Å². The van der Waals surface area contributed by atoms with Crippen molar-refractivity contribution in [1.29, 1.82) is 0 Å². The van der Waals surface area contributed by atoms with Crippen molar-refractivity contribution in [2.45, 2.75) is 32.5 Å². The summed E-state index contributed by atoms with van der Waals surface area (Å²) < 4.78 is 7.16. The van der Waals surface area contributed by atoms with E-state index in [0.29, 0.717) is 32.0 Å². The van der Waals surface area contributed by atoms with E-state index in [-0.39, 0.29) is 11.9 Å². The number of amides is 1. The lowest BCUT2D eigenvalue weighted by atomic mass is 10.2. The third-order valence-electron chi connectivity index (χ3n) is 5.71. The summed E-state index contributed by atoms with van der Waals surface area (Å²) in [6.45, 7) is 3.44. The molecule has 1 aliphatic rings. The number of hydrogen-bond donors (Lipinski definition) is 2. The Kier molecular flexibility index (Phi) is 6.87. The van der Waals surface area contributed by atoms with Crippen LogP contribution in [0.1, 0.15) is 23.6 Å². The zero-order chi connectivity index (χ0) is 23.2. The number of hydrogen-bond acceptors (Lipinski definition) is 5. The van der Waals surface area contributed by atoms with Crippen LogP contribution in [-0.2, 0) is 24.9 Å². The van der Waals surface area contributed by atoms with E-state index in [2.05, 4.69) is 20.8 Å². The second-order valence-electron chi connectivity index (χ2n) is 7.97. The third-order valence-corrected chi connectivity index (χ3v) is 5.71. The zero-order valence-corrected chi connectivity index (χ0v) is 19.2. The second-order valence-corrected chi connectivity index (χ2v) is 7.97. The molecule has 1 aromatic heterocycles. The molecule has 1 atom stereocenters. The van der Waals surface area contributed by atoms with E-state index < -0.39 is 0 Å². The van der Waals surface area contributed by atoms with Crippen LogP contribution in [0, 0.1) is 6.92 Å². The highest BCUT2D eigenvalue weighted by Crippen LogP contribution is 2.21. The van der Waals surface area contributed by atoms with E-state index in [1.807, 2.05) is 78.0 Å². The highest BCUT2D eigenvalue weighted by molar-refractivity contribution is 5.97. The minimum Gasteiger partial charge on any atom is -0.497 e. The molecule has 0 aliphatic carbocycles. The Hall–Kier alpha value is -3.88. The third kappa shape index (κ3) is 5.49. The van der Waals surface area contributed by atoms with E-state index in [0.717, 1.165) is 28.6 Å². The molecule has 0 saturated carbocycles. The molecule has 1 unspecified atom stereocenters. The number of aryl methyl sites for hydroxylation is 1. The summed E-state index contributed by atoms with van der Waals surface area (Å²) >= 11 is 0. The molecule has 33 heavy (non-hydrogen) atoms. The molecule has 3 aromatic rings. The van der Waals surface area contributed by atoms with Crippen molar-refractivity contribution in [2.24, 2.45) is 12.0 Å². The maximum absolute atomic E-state index is 12.6. The molecule has 9 heteroatoms. The highest BCUT2D eigenvalue weighted by Gasteiger charge is 2.31. The lowest BCUT2D eigenvalue weighted by Crippen LogP contribution is -2.44. The molecule has 2 N–H and O–H groups in total. The zero-order valence-electron chi connectivity index (χ0n) is 19.2. The largest absolute Gasteiger partial charge is 0.497 e. The lowest BCUT2D eigenvalue weighted by molar-refractivity contribution is -0.117. The topological polar surface area (TPSA) is 96.7 Å². The van der Waals surface area contributed by atoms with Gasteiger partial charge in [-0.1, -0.05) is 30.3 Å². The molecule has 4 rings (SSSR count). The number of carbonyl (C=O) groups excluding carboxylic acids is 1. The van der Waals surface area contributed by atoms with Gasteiger partial charge in [0.1, 0.15) is 11.6 Å². The van der Waals surface area contributed by atoms with Gasteiger partial charge in [-0.3, -0.25) is 4.79 Å². The van der Waals surface area contributed by atoms with Crippen LogP contribution in [0.2, 0.25) is 0 Å². The number of aromatic nitrogens is 3. The van der Waals surface area contributed by atoms with Crippen LogP contribution < -0.4 is 20.3 Å². The Balaban J connectivity index is 1.46. The molecule has 1 saturated heterocycles. The Morgan fingerprint density at radius 2 is 1.91 bits per heavy atom. The van der Waals surface area contributed by atoms with Crippen LogP contribution >= 0.6 is 0 Å². The molecular formula is C24H29N7O2. The number of carbonyl (C=O) groups is 1. The first-order valence-electron chi connectivity index (χ1n) is 10.9. The van der Waals surface area contributed by atoms with E-state index in [9.17, 15) is 4.79 Å². The van der Waals surface area contributed by atoms with Gasteiger partial charge in [-0.05, 0) is 36.8 Å². The summed E-state index contributed by atoms with van der Waals surface area (Å²) in [5.74, 6) is 3.18. The van der Waals surface area contributed by atoms with Gasteiger partial charge >= 0.3 is 0 Å². The van der Waals surface area contributed by atoms with Crippen molar-refractivity contribution in [3.63, 3.8) is 0 Å². The van der Waals surface area contributed by atoms with Gasteiger partial charge in [0.15, 0.2) is 11.8 Å². The Morgan fingerprint density at radius 1 is 1.15 bits per heavy atom. The summed E-state index contributed by atoms with van der Waals surface area (Å²) in [4.78, 5) is 19.2. The van der Waals surface area contributed by atoms with Crippen LogP contribution in [0.4, 0.5) is 5.69 Å². The number of nitrogens with zero attached hydrogens (tertiary/aromatic N) is 5. The molecule has 0 spiro atoms. The van der Waals surface area contributed by atoms with Crippen molar-refractivity contribution < 1.29 is 9.53 Å². The van der Waals surface area contributed by atoms with Gasteiger partial charge in [0.05, 0.1) is 26.2 Å². The molecule has 0 radical (unpaired) electrons. The number of guanidine groups is 1. The quantitative estimate of drug-likeness (QED) is 0.426. The number of aliphatic imine (C=N–C) groups is 1. The predicted molar refractivity (Wildman–Crippen MR) is 127 cm³/mol. The molecular weight excluding hydrogens is 418 g/mol. The van der Waals surface area contributed by atoms with Crippen LogP contribution in [-0.4, -0.2) is 46.3 Å². The normalized spacial score (nSPS) is 16.2. The molecule has 1 aliphatic heterocycles. The van der Waals surface area contributed by atoms with Gasteiger partial charge in [0, 0.05) is 25.7 Å². The summed E-state index contributed by atoms with van der Waals surface area (Å²) in [5.41, 5.74) is 1.96. The monoisotopic (exact) mass is 447 g/mol. The number of nitrogens with one attached hydrogen (secondary N) is 2. The smallest absolute Gasteiger partial charge is 0.229 e. The number of rotatable bonds is 7. The predicted octanol–water partition coefficient (Wildman–Crippen LogP) is 2.17. The van der Waals surface area contributed by atoms with Crippen molar-refractivity contribution in [1.82, 2.24) is 25.4 Å². The summed E-state index contributed by atoms with van der Waals surface area (Å²) in [6, 6.07) is 17.5. The molecule has 1 amide bonds. The maximum atomic E-state index is 12.6. The van der Waals surface area contributed by atoms with E-state index >= 15 is 0 Å².